The lowest BCUT2D eigenvalue weighted by Crippen LogP contribution is -2.42. The van der Waals surface area contributed by atoms with Crippen molar-refractivity contribution >= 4 is 17.6 Å². The lowest BCUT2D eigenvalue weighted by atomic mass is 9.79. The van der Waals surface area contributed by atoms with Crippen molar-refractivity contribution in [2.24, 2.45) is 5.41 Å². The minimum absolute atomic E-state index is 0.170. The third-order valence-corrected chi connectivity index (χ3v) is 8.02. The molecule has 2 aromatic carbocycles. The molecule has 162 valence electrons. The van der Waals surface area contributed by atoms with E-state index in [1.54, 1.807) is 0 Å². The maximum Gasteiger partial charge on any atom is 0.314 e. The zero-order valence-corrected chi connectivity index (χ0v) is 18.1. The Kier molecular flexibility index (Phi) is 4.80. The quantitative estimate of drug-likeness (QED) is 0.781. The molecule has 0 radical (unpaired) electrons. The number of aliphatic carboxylic acids is 1. The van der Waals surface area contributed by atoms with Crippen LogP contribution in [-0.2, 0) is 21.4 Å². The normalized spacial score (nSPS) is 26.1. The van der Waals surface area contributed by atoms with Crippen LogP contribution in [0.5, 0.6) is 0 Å². The van der Waals surface area contributed by atoms with E-state index in [0.29, 0.717) is 31.8 Å². The van der Waals surface area contributed by atoms with E-state index in [1.165, 1.54) is 16.8 Å². The second kappa shape index (κ2) is 7.40. The van der Waals surface area contributed by atoms with Crippen molar-refractivity contribution in [3.8, 4) is 0 Å². The Morgan fingerprint density at radius 3 is 2.48 bits per heavy atom. The summed E-state index contributed by atoms with van der Waals surface area (Å²) in [6.07, 6.45) is 3.74. The summed E-state index contributed by atoms with van der Waals surface area (Å²) in [7, 11) is 0. The van der Waals surface area contributed by atoms with Crippen molar-refractivity contribution in [1.82, 2.24) is 4.90 Å². The number of hydrogen-bond acceptors (Lipinski definition) is 3. The Hall–Kier alpha value is -2.82. The van der Waals surface area contributed by atoms with E-state index in [1.807, 2.05) is 24.0 Å². The monoisotopic (exact) mass is 418 g/mol. The van der Waals surface area contributed by atoms with Gasteiger partial charge in [-0.3, -0.25) is 9.59 Å². The maximum absolute atomic E-state index is 12.5. The fourth-order valence-corrected chi connectivity index (χ4v) is 6.03. The van der Waals surface area contributed by atoms with Crippen LogP contribution in [0, 0.1) is 5.41 Å². The van der Waals surface area contributed by atoms with Gasteiger partial charge < -0.3 is 15.3 Å². The number of fused-ring (bicyclic) bond motifs is 1. The van der Waals surface area contributed by atoms with Crippen molar-refractivity contribution in [3.05, 3.63) is 65.2 Å². The molecule has 2 aromatic rings. The summed E-state index contributed by atoms with van der Waals surface area (Å²) in [4.78, 5) is 26.4. The Morgan fingerprint density at radius 2 is 1.81 bits per heavy atom. The molecule has 2 atom stereocenters. The highest BCUT2D eigenvalue weighted by Gasteiger charge is 2.72. The zero-order valence-electron chi connectivity index (χ0n) is 18.1. The average molecular weight is 419 g/mol. The van der Waals surface area contributed by atoms with Crippen molar-refractivity contribution in [2.45, 2.75) is 50.4 Å². The second-order valence-electron chi connectivity index (χ2n) is 9.46. The highest BCUT2D eigenvalue weighted by Crippen LogP contribution is 2.69. The molecule has 5 heteroatoms. The molecule has 1 amide bonds. The number of amides is 1. The first kappa shape index (κ1) is 20.1. The summed E-state index contributed by atoms with van der Waals surface area (Å²) >= 11 is 0. The molecule has 0 bridgehead atoms. The molecule has 1 aliphatic carbocycles. The number of carbonyl (C=O) groups is 2. The Balaban J connectivity index is 1.34. The van der Waals surface area contributed by atoms with Gasteiger partial charge in [0.05, 0.1) is 5.41 Å². The lowest BCUT2D eigenvalue weighted by Gasteiger charge is -2.35. The van der Waals surface area contributed by atoms with Crippen LogP contribution in [0.2, 0.25) is 0 Å². The van der Waals surface area contributed by atoms with Crippen molar-refractivity contribution in [1.29, 1.82) is 0 Å². The molecule has 3 aliphatic rings. The average Bonchev–Trinajstić information content (AvgIpc) is 3.47. The molecule has 2 heterocycles. The Bertz CT molecular complexity index is 1010. The Morgan fingerprint density at radius 1 is 1.10 bits per heavy atom. The van der Waals surface area contributed by atoms with Crippen LogP contribution in [0.25, 0.3) is 0 Å². The zero-order chi connectivity index (χ0) is 21.6. The minimum Gasteiger partial charge on any atom is -0.481 e. The van der Waals surface area contributed by atoms with E-state index >= 15 is 0 Å². The number of benzene rings is 2. The largest absolute Gasteiger partial charge is 0.481 e. The van der Waals surface area contributed by atoms with Crippen LogP contribution in [0.1, 0.15) is 55.2 Å². The van der Waals surface area contributed by atoms with E-state index < -0.39 is 11.4 Å². The number of para-hydroxylation sites is 1. The van der Waals surface area contributed by atoms with Crippen LogP contribution >= 0.6 is 0 Å². The molecule has 2 fully saturated rings. The molecule has 31 heavy (non-hydrogen) atoms. The first-order valence-electron chi connectivity index (χ1n) is 11.4. The van der Waals surface area contributed by atoms with Gasteiger partial charge in [-0.05, 0) is 53.9 Å². The van der Waals surface area contributed by atoms with E-state index in [0.717, 1.165) is 31.4 Å². The van der Waals surface area contributed by atoms with Gasteiger partial charge in [-0.1, -0.05) is 49.4 Å². The van der Waals surface area contributed by atoms with Gasteiger partial charge in [-0.15, -0.1) is 0 Å². The van der Waals surface area contributed by atoms with Crippen LogP contribution in [-0.4, -0.2) is 41.5 Å². The molecule has 5 nitrogen and oxygen atoms in total. The first-order valence-corrected chi connectivity index (χ1v) is 11.4. The van der Waals surface area contributed by atoms with E-state index in [4.69, 9.17) is 0 Å². The smallest absolute Gasteiger partial charge is 0.314 e. The van der Waals surface area contributed by atoms with Gasteiger partial charge >= 0.3 is 5.97 Å². The van der Waals surface area contributed by atoms with Crippen LogP contribution in [0.3, 0.4) is 0 Å². The summed E-state index contributed by atoms with van der Waals surface area (Å²) in [5.41, 5.74) is 3.71. The number of anilines is 1. The number of carbonyl (C=O) groups excluding carboxylic acids is 1. The van der Waals surface area contributed by atoms with Gasteiger partial charge in [-0.2, -0.15) is 0 Å². The first-order chi connectivity index (χ1) is 15.0. The summed E-state index contributed by atoms with van der Waals surface area (Å²) in [5.74, 6) is -0.159. The summed E-state index contributed by atoms with van der Waals surface area (Å²) in [6, 6.07) is 16.8. The van der Waals surface area contributed by atoms with Crippen molar-refractivity contribution < 1.29 is 14.7 Å². The number of piperidine rings is 1. The predicted octanol–water partition coefficient (Wildman–Crippen LogP) is 4.18. The predicted molar refractivity (Wildman–Crippen MR) is 120 cm³/mol. The van der Waals surface area contributed by atoms with Crippen molar-refractivity contribution in [3.63, 3.8) is 0 Å². The topological polar surface area (TPSA) is 69.6 Å². The highest BCUT2D eigenvalue weighted by molar-refractivity contribution is 5.87. The van der Waals surface area contributed by atoms with Crippen molar-refractivity contribution in [2.75, 3.05) is 25.0 Å². The number of nitrogens with one attached hydrogen (secondary N) is 1. The number of carboxylic acids is 1. The van der Waals surface area contributed by atoms with E-state index in [9.17, 15) is 14.7 Å². The lowest BCUT2D eigenvalue weighted by molar-refractivity contribution is -0.141. The number of nitrogens with zero attached hydrogens (tertiary/aromatic N) is 1. The molecular weight excluding hydrogens is 388 g/mol. The van der Waals surface area contributed by atoms with Crippen LogP contribution < -0.4 is 5.32 Å². The third-order valence-electron chi connectivity index (χ3n) is 8.02. The number of hydrogen-bond donors (Lipinski definition) is 2. The highest BCUT2D eigenvalue weighted by atomic mass is 16.4. The van der Waals surface area contributed by atoms with Gasteiger partial charge in [0.25, 0.3) is 0 Å². The summed E-state index contributed by atoms with van der Waals surface area (Å²) < 4.78 is 0. The molecular formula is C26H30N2O3. The van der Waals surface area contributed by atoms with Gasteiger partial charge in [0.1, 0.15) is 0 Å². The van der Waals surface area contributed by atoms with Crippen LogP contribution in [0.15, 0.2) is 48.5 Å². The summed E-state index contributed by atoms with van der Waals surface area (Å²) in [6.45, 7) is 4.12. The molecule has 1 saturated heterocycles. The molecule has 1 saturated carbocycles. The van der Waals surface area contributed by atoms with Crippen LogP contribution in [0.4, 0.5) is 5.69 Å². The van der Waals surface area contributed by atoms with Gasteiger partial charge in [0, 0.05) is 37.7 Å². The second-order valence-corrected chi connectivity index (χ2v) is 9.46. The molecule has 1 spiro atoms. The fourth-order valence-electron chi connectivity index (χ4n) is 6.03. The maximum atomic E-state index is 12.5. The number of carboxylic acid groups (broad SMARTS) is 1. The van der Waals surface area contributed by atoms with Gasteiger partial charge in [0.15, 0.2) is 0 Å². The Labute approximate surface area is 183 Å². The molecule has 0 aromatic heterocycles. The van der Waals surface area contributed by atoms with Gasteiger partial charge in [0.2, 0.25) is 5.91 Å². The summed E-state index contributed by atoms with van der Waals surface area (Å²) in [5, 5.41) is 13.8. The van der Waals surface area contributed by atoms with E-state index in [2.05, 4.69) is 41.7 Å². The molecule has 5 rings (SSSR count). The third kappa shape index (κ3) is 3.13. The fraction of sp³-hybridized carbons (Fsp3) is 0.462. The SMILES string of the molecule is CCC(=O)N1CCC2(CC1)C[C@@]2(C(=O)O)c1ccc(C2CNc3ccccc3C2)cc1. The standard InChI is InChI=1S/C26H30N2O3/c1-2-23(29)28-13-11-25(12-14-28)17-26(25,24(30)31)21-9-7-18(8-10-21)20-15-19-5-3-4-6-22(19)27-16-20/h3-10,20,27H,2,11-17H2,1H3,(H,30,31)/t20?,26-/m0/s1. The minimum atomic E-state index is -0.801. The number of likely N-dealkylation sites (tertiary alicyclic amines) is 1. The molecule has 2 aliphatic heterocycles. The molecule has 1 unspecified atom stereocenters. The number of rotatable bonds is 4. The molecule has 2 N–H and O–H groups in total. The van der Waals surface area contributed by atoms with E-state index in [-0.39, 0.29) is 11.3 Å². The van der Waals surface area contributed by atoms with Gasteiger partial charge in [-0.25, -0.2) is 0 Å².